The molecular formula is C11H16Br2N2. The molecule has 4 heteroatoms. The maximum Gasteiger partial charge on any atom is 0.140 e. The Morgan fingerprint density at radius 1 is 1.53 bits per heavy atom. The Bertz CT molecular complexity index is 315. The molecule has 0 fully saturated rings. The first-order valence-corrected chi connectivity index (χ1v) is 6.84. The molecule has 1 atom stereocenters. The third-order valence-corrected chi connectivity index (χ3v) is 3.88. The van der Waals surface area contributed by atoms with Crippen LogP contribution in [0, 0.1) is 6.92 Å². The van der Waals surface area contributed by atoms with Gasteiger partial charge < -0.3 is 5.32 Å². The lowest BCUT2D eigenvalue weighted by atomic mass is 10.2. The van der Waals surface area contributed by atoms with Crippen molar-refractivity contribution in [1.29, 1.82) is 0 Å². The molecule has 0 saturated heterocycles. The maximum absolute atomic E-state index is 4.33. The highest BCUT2D eigenvalue weighted by Gasteiger charge is 2.03. The SMILES string of the molecule is CCC(Br)CCNc1ncc(C)cc1Br. The zero-order valence-electron chi connectivity index (χ0n) is 9.06. The predicted octanol–water partition coefficient (Wildman–Crippen LogP) is 4.13. The molecule has 1 unspecified atom stereocenters. The van der Waals surface area contributed by atoms with Gasteiger partial charge in [0, 0.05) is 17.6 Å². The van der Waals surface area contributed by atoms with E-state index in [2.05, 4.69) is 55.2 Å². The molecule has 0 aromatic carbocycles. The fourth-order valence-electron chi connectivity index (χ4n) is 1.21. The first-order chi connectivity index (χ1) is 7.13. The summed E-state index contributed by atoms with van der Waals surface area (Å²) in [6.45, 7) is 5.16. The molecule has 1 heterocycles. The van der Waals surface area contributed by atoms with E-state index in [1.165, 1.54) is 5.56 Å². The highest BCUT2D eigenvalue weighted by molar-refractivity contribution is 9.10. The Kier molecular flexibility index (Phi) is 5.61. The minimum Gasteiger partial charge on any atom is -0.369 e. The van der Waals surface area contributed by atoms with E-state index < -0.39 is 0 Å². The zero-order chi connectivity index (χ0) is 11.3. The molecule has 0 radical (unpaired) electrons. The molecule has 2 nitrogen and oxygen atoms in total. The number of nitrogens with one attached hydrogen (secondary N) is 1. The number of aryl methyl sites for hydroxylation is 1. The molecule has 0 bridgehead atoms. The average Bonchev–Trinajstić information content (AvgIpc) is 2.21. The Balaban J connectivity index is 2.44. The molecule has 1 aromatic heterocycles. The van der Waals surface area contributed by atoms with Gasteiger partial charge in [-0.3, -0.25) is 0 Å². The maximum atomic E-state index is 4.33. The summed E-state index contributed by atoms with van der Waals surface area (Å²) in [6, 6.07) is 2.07. The summed E-state index contributed by atoms with van der Waals surface area (Å²) in [6.07, 6.45) is 4.14. The van der Waals surface area contributed by atoms with E-state index in [1.54, 1.807) is 0 Å². The number of aromatic nitrogens is 1. The van der Waals surface area contributed by atoms with Crippen molar-refractivity contribution in [1.82, 2.24) is 4.98 Å². The summed E-state index contributed by atoms with van der Waals surface area (Å²) in [5, 5.41) is 3.32. The van der Waals surface area contributed by atoms with Gasteiger partial charge in [-0.25, -0.2) is 4.98 Å². The summed E-state index contributed by atoms with van der Waals surface area (Å²) >= 11 is 7.10. The van der Waals surface area contributed by atoms with Gasteiger partial charge in [-0.05, 0) is 47.3 Å². The first kappa shape index (κ1) is 13.0. The smallest absolute Gasteiger partial charge is 0.140 e. The van der Waals surface area contributed by atoms with Crippen molar-refractivity contribution in [2.75, 3.05) is 11.9 Å². The Labute approximate surface area is 108 Å². The molecule has 0 aliphatic carbocycles. The number of pyridine rings is 1. The highest BCUT2D eigenvalue weighted by atomic mass is 79.9. The third kappa shape index (κ3) is 4.51. The molecule has 84 valence electrons. The van der Waals surface area contributed by atoms with Gasteiger partial charge in [0.25, 0.3) is 0 Å². The number of rotatable bonds is 5. The number of nitrogens with zero attached hydrogens (tertiary/aromatic N) is 1. The lowest BCUT2D eigenvalue weighted by molar-refractivity contribution is 0.772. The van der Waals surface area contributed by atoms with Gasteiger partial charge in [0.1, 0.15) is 5.82 Å². The van der Waals surface area contributed by atoms with Crippen LogP contribution in [0.15, 0.2) is 16.7 Å². The van der Waals surface area contributed by atoms with E-state index in [1.807, 2.05) is 13.1 Å². The summed E-state index contributed by atoms with van der Waals surface area (Å²) < 4.78 is 1.03. The van der Waals surface area contributed by atoms with E-state index in [-0.39, 0.29) is 0 Å². The van der Waals surface area contributed by atoms with Gasteiger partial charge >= 0.3 is 0 Å². The second-order valence-electron chi connectivity index (χ2n) is 3.56. The summed E-state index contributed by atoms with van der Waals surface area (Å²) in [5.41, 5.74) is 1.17. The van der Waals surface area contributed by atoms with E-state index in [4.69, 9.17) is 0 Å². The van der Waals surface area contributed by atoms with Gasteiger partial charge in [0.15, 0.2) is 0 Å². The molecule has 0 aliphatic rings. The van der Waals surface area contributed by atoms with Crippen molar-refractivity contribution in [2.45, 2.75) is 31.5 Å². The molecule has 15 heavy (non-hydrogen) atoms. The van der Waals surface area contributed by atoms with E-state index in [0.717, 1.165) is 29.7 Å². The number of halogens is 2. The van der Waals surface area contributed by atoms with E-state index >= 15 is 0 Å². The van der Waals surface area contributed by atoms with Gasteiger partial charge in [-0.1, -0.05) is 22.9 Å². The van der Waals surface area contributed by atoms with Gasteiger partial charge in [-0.15, -0.1) is 0 Å². The average molecular weight is 336 g/mol. The van der Waals surface area contributed by atoms with Crippen molar-refractivity contribution in [3.63, 3.8) is 0 Å². The largest absolute Gasteiger partial charge is 0.369 e. The minimum absolute atomic E-state index is 0.592. The number of hydrogen-bond acceptors (Lipinski definition) is 2. The molecule has 0 spiro atoms. The first-order valence-electron chi connectivity index (χ1n) is 5.13. The summed E-state index contributed by atoms with van der Waals surface area (Å²) in [5.74, 6) is 0.927. The summed E-state index contributed by atoms with van der Waals surface area (Å²) in [4.78, 5) is 4.92. The summed E-state index contributed by atoms with van der Waals surface area (Å²) in [7, 11) is 0. The monoisotopic (exact) mass is 334 g/mol. The number of alkyl halides is 1. The molecule has 1 rings (SSSR count). The van der Waals surface area contributed by atoms with Gasteiger partial charge in [0.05, 0.1) is 4.47 Å². The minimum atomic E-state index is 0.592. The molecule has 1 N–H and O–H groups in total. The van der Waals surface area contributed by atoms with Crippen LogP contribution in [0.2, 0.25) is 0 Å². The van der Waals surface area contributed by atoms with Crippen LogP contribution in [0.4, 0.5) is 5.82 Å². The lowest BCUT2D eigenvalue weighted by Crippen LogP contribution is -2.09. The highest BCUT2D eigenvalue weighted by Crippen LogP contribution is 2.20. The van der Waals surface area contributed by atoms with E-state index in [9.17, 15) is 0 Å². The lowest BCUT2D eigenvalue weighted by Gasteiger charge is -2.10. The molecule has 0 aliphatic heterocycles. The molecule has 0 amide bonds. The molecule has 1 aromatic rings. The van der Waals surface area contributed by atoms with Crippen LogP contribution in [0.3, 0.4) is 0 Å². The normalized spacial score (nSPS) is 12.5. The van der Waals surface area contributed by atoms with Crippen LogP contribution in [-0.4, -0.2) is 16.4 Å². The van der Waals surface area contributed by atoms with Gasteiger partial charge in [-0.2, -0.15) is 0 Å². The molecular weight excluding hydrogens is 320 g/mol. The fourth-order valence-corrected chi connectivity index (χ4v) is 2.05. The predicted molar refractivity (Wildman–Crippen MR) is 72.8 cm³/mol. The van der Waals surface area contributed by atoms with Crippen molar-refractivity contribution < 1.29 is 0 Å². The van der Waals surface area contributed by atoms with Crippen molar-refractivity contribution >= 4 is 37.7 Å². The molecule has 0 saturated carbocycles. The van der Waals surface area contributed by atoms with Crippen LogP contribution in [-0.2, 0) is 0 Å². The van der Waals surface area contributed by atoms with Crippen LogP contribution in [0.1, 0.15) is 25.3 Å². The Morgan fingerprint density at radius 2 is 2.27 bits per heavy atom. The van der Waals surface area contributed by atoms with Crippen LogP contribution in [0.25, 0.3) is 0 Å². The van der Waals surface area contributed by atoms with Crippen molar-refractivity contribution in [3.05, 3.63) is 22.3 Å². The van der Waals surface area contributed by atoms with Crippen LogP contribution >= 0.6 is 31.9 Å². The quantitative estimate of drug-likeness (QED) is 0.818. The van der Waals surface area contributed by atoms with Crippen molar-refractivity contribution in [3.8, 4) is 0 Å². The topological polar surface area (TPSA) is 24.9 Å². The zero-order valence-corrected chi connectivity index (χ0v) is 12.2. The third-order valence-electron chi connectivity index (χ3n) is 2.17. The van der Waals surface area contributed by atoms with E-state index in [0.29, 0.717) is 4.83 Å². The fraction of sp³-hybridized carbons (Fsp3) is 0.545. The second-order valence-corrected chi connectivity index (χ2v) is 5.71. The Hall–Kier alpha value is -0.0900. The van der Waals surface area contributed by atoms with Crippen LogP contribution < -0.4 is 5.32 Å². The van der Waals surface area contributed by atoms with Crippen LogP contribution in [0.5, 0.6) is 0 Å². The second kappa shape index (κ2) is 6.48. The number of hydrogen-bond donors (Lipinski definition) is 1. The van der Waals surface area contributed by atoms with Crippen molar-refractivity contribution in [2.24, 2.45) is 0 Å². The Morgan fingerprint density at radius 3 is 2.87 bits per heavy atom. The standard InChI is InChI=1S/C11H16Br2N2/c1-3-9(12)4-5-14-11-10(13)6-8(2)7-15-11/h6-7,9H,3-5H2,1-2H3,(H,14,15). The van der Waals surface area contributed by atoms with Gasteiger partial charge in [0.2, 0.25) is 0 Å². The number of anilines is 1.